The number of rotatable bonds is 6. The Morgan fingerprint density at radius 2 is 1.13 bits per heavy atom. The SMILES string of the molecule is CCc1ccc(CN2CCN(Cc3ccc(SC)cc3)CC2)cc1.O=C(O)C(=O)O. The number of nitrogens with zero attached hydrogens (tertiary/aromatic N) is 2. The lowest BCUT2D eigenvalue weighted by atomic mass is 10.1. The Labute approximate surface area is 182 Å². The number of carboxylic acids is 2. The lowest BCUT2D eigenvalue weighted by Gasteiger charge is -2.34. The predicted molar refractivity (Wildman–Crippen MR) is 120 cm³/mol. The summed E-state index contributed by atoms with van der Waals surface area (Å²) in [6.07, 6.45) is 3.25. The summed E-state index contributed by atoms with van der Waals surface area (Å²) in [4.78, 5) is 24.7. The van der Waals surface area contributed by atoms with Crippen molar-refractivity contribution in [1.82, 2.24) is 9.80 Å². The van der Waals surface area contributed by atoms with Gasteiger partial charge in [-0.15, -0.1) is 11.8 Å². The highest BCUT2D eigenvalue weighted by atomic mass is 32.2. The van der Waals surface area contributed by atoms with E-state index in [1.54, 1.807) is 11.8 Å². The lowest BCUT2D eigenvalue weighted by Crippen LogP contribution is -2.45. The second-order valence-corrected chi connectivity index (χ2v) is 8.06. The van der Waals surface area contributed by atoms with Crippen molar-refractivity contribution in [3.05, 3.63) is 65.2 Å². The standard InChI is InChI=1S/C21H28N2S.C2H2O4/c1-3-18-4-6-19(7-5-18)16-22-12-14-23(15-13-22)17-20-8-10-21(24-2)11-9-20;3-1(4)2(5)6/h4-11H,3,12-17H2,1-2H3;(H,3,4)(H,5,6). The molecule has 2 aromatic carbocycles. The van der Waals surface area contributed by atoms with Gasteiger partial charge in [-0.3, -0.25) is 9.80 Å². The Hall–Kier alpha value is -2.35. The van der Waals surface area contributed by atoms with Crippen molar-refractivity contribution in [2.24, 2.45) is 0 Å². The third-order valence-electron chi connectivity index (χ3n) is 5.05. The first kappa shape index (κ1) is 23.9. The van der Waals surface area contributed by atoms with E-state index >= 15 is 0 Å². The zero-order valence-corrected chi connectivity index (χ0v) is 18.4. The summed E-state index contributed by atoms with van der Waals surface area (Å²) in [6.45, 7) is 9.03. The molecule has 1 saturated heterocycles. The zero-order valence-electron chi connectivity index (χ0n) is 17.6. The number of aliphatic carboxylic acids is 2. The van der Waals surface area contributed by atoms with Gasteiger partial charge >= 0.3 is 11.9 Å². The van der Waals surface area contributed by atoms with Gasteiger partial charge in [-0.2, -0.15) is 0 Å². The van der Waals surface area contributed by atoms with Gasteiger partial charge in [0.1, 0.15) is 0 Å². The number of hydrogen-bond donors (Lipinski definition) is 2. The molecule has 0 atom stereocenters. The van der Waals surface area contributed by atoms with Crippen molar-refractivity contribution >= 4 is 23.7 Å². The molecule has 3 rings (SSSR count). The molecule has 30 heavy (non-hydrogen) atoms. The number of hydrogen-bond acceptors (Lipinski definition) is 5. The predicted octanol–water partition coefficient (Wildman–Crippen LogP) is 3.44. The number of carbonyl (C=O) groups is 2. The van der Waals surface area contributed by atoms with Gasteiger partial charge in [0.25, 0.3) is 0 Å². The Balaban J connectivity index is 0.000000469. The van der Waals surface area contributed by atoms with Gasteiger partial charge in [-0.05, 0) is 41.5 Å². The zero-order chi connectivity index (χ0) is 21.9. The molecule has 1 heterocycles. The van der Waals surface area contributed by atoms with Crippen LogP contribution >= 0.6 is 11.8 Å². The minimum absolute atomic E-state index is 1.08. The first-order chi connectivity index (χ1) is 14.4. The second kappa shape index (κ2) is 12.4. The second-order valence-electron chi connectivity index (χ2n) is 7.18. The Morgan fingerprint density at radius 1 is 0.767 bits per heavy atom. The van der Waals surface area contributed by atoms with E-state index < -0.39 is 11.9 Å². The summed E-state index contributed by atoms with van der Waals surface area (Å²) in [7, 11) is 0. The molecule has 0 spiro atoms. The molecule has 0 aliphatic carbocycles. The highest BCUT2D eigenvalue weighted by Gasteiger charge is 2.17. The van der Waals surface area contributed by atoms with E-state index in [4.69, 9.17) is 19.8 Å². The number of thioether (sulfide) groups is 1. The summed E-state index contributed by atoms with van der Waals surface area (Å²) >= 11 is 1.81. The average molecular weight is 431 g/mol. The van der Waals surface area contributed by atoms with Crippen LogP contribution in [0.25, 0.3) is 0 Å². The molecule has 0 unspecified atom stereocenters. The highest BCUT2D eigenvalue weighted by Crippen LogP contribution is 2.17. The first-order valence-electron chi connectivity index (χ1n) is 10.0. The molecular formula is C23H30N2O4S. The number of aryl methyl sites for hydroxylation is 1. The molecular weight excluding hydrogens is 400 g/mol. The Morgan fingerprint density at radius 3 is 1.47 bits per heavy atom. The van der Waals surface area contributed by atoms with Crippen LogP contribution in [0.3, 0.4) is 0 Å². The quantitative estimate of drug-likeness (QED) is 0.537. The fourth-order valence-electron chi connectivity index (χ4n) is 3.23. The van der Waals surface area contributed by atoms with Gasteiger partial charge in [0.05, 0.1) is 0 Å². The number of piperazine rings is 1. The van der Waals surface area contributed by atoms with E-state index in [2.05, 4.69) is 71.5 Å². The van der Waals surface area contributed by atoms with Crippen molar-refractivity contribution in [1.29, 1.82) is 0 Å². The highest BCUT2D eigenvalue weighted by molar-refractivity contribution is 7.98. The van der Waals surface area contributed by atoms with Crippen LogP contribution in [0.4, 0.5) is 0 Å². The van der Waals surface area contributed by atoms with Crippen LogP contribution in [0.5, 0.6) is 0 Å². The monoisotopic (exact) mass is 430 g/mol. The van der Waals surface area contributed by atoms with Gasteiger partial charge in [-0.25, -0.2) is 9.59 Å². The fraction of sp³-hybridized carbons (Fsp3) is 0.391. The number of benzene rings is 2. The van der Waals surface area contributed by atoms with E-state index in [0.29, 0.717) is 0 Å². The third kappa shape index (κ3) is 8.18. The lowest BCUT2D eigenvalue weighted by molar-refractivity contribution is -0.159. The van der Waals surface area contributed by atoms with Crippen molar-refractivity contribution in [2.45, 2.75) is 31.3 Å². The normalized spacial score (nSPS) is 14.6. The molecule has 2 aromatic rings. The van der Waals surface area contributed by atoms with Crippen LogP contribution < -0.4 is 0 Å². The van der Waals surface area contributed by atoms with Crippen LogP contribution in [0, 0.1) is 0 Å². The summed E-state index contributed by atoms with van der Waals surface area (Å²) < 4.78 is 0. The van der Waals surface area contributed by atoms with Gasteiger partial charge in [0.2, 0.25) is 0 Å². The van der Waals surface area contributed by atoms with Crippen LogP contribution in [0.2, 0.25) is 0 Å². The van der Waals surface area contributed by atoms with Gasteiger partial charge in [-0.1, -0.05) is 43.3 Å². The fourth-order valence-corrected chi connectivity index (χ4v) is 3.64. The molecule has 6 nitrogen and oxygen atoms in total. The summed E-state index contributed by atoms with van der Waals surface area (Å²) in [6, 6.07) is 18.1. The molecule has 7 heteroatoms. The number of carboxylic acid groups (broad SMARTS) is 2. The van der Waals surface area contributed by atoms with E-state index in [1.165, 1.54) is 34.7 Å². The smallest absolute Gasteiger partial charge is 0.414 e. The molecule has 0 radical (unpaired) electrons. The van der Waals surface area contributed by atoms with Crippen LogP contribution in [0.15, 0.2) is 53.4 Å². The molecule has 1 aliphatic rings. The molecule has 2 N–H and O–H groups in total. The van der Waals surface area contributed by atoms with Crippen LogP contribution in [-0.4, -0.2) is 64.4 Å². The minimum atomic E-state index is -1.82. The third-order valence-corrected chi connectivity index (χ3v) is 5.79. The Bertz CT molecular complexity index is 731. The minimum Gasteiger partial charge on any atom is -0.473 e. The molecule has 0 bridgehead atoms. The Kier molecular flexibility index (Phi) is 9.86. The summed E-state index contributed by atoms with van der Waals surface area (Å²) in [5, 5.41) is 14.8. The van der Waals surface area contributed by atoms with Crippen molar-refractivity contribution in [3.63, 3.8) is 0 Å². The molecule has 162 valence electrons. The summed E-state index contributed by atoms with van der Waals surface area (Å²) in [5.74, 6) is -3.65. The van der Waals surface area contributed by atoms with Crippen LogP contribution in [0.1, 0.15) is 23.6 Å². The maximum Gasteiger partial charge on any atom is 0.414 e. The molecule has 0 saturated carbocycles. The van der Waals surface area contributed by atoms with Crippen molar-refractivity contribution in [2.75, 3.05) is 32.4 Å². The van der Waals surface area contributed by atoms with Crippen molar-refractivity contribution in [3.8, 4) is 0 Å². The maximum absolute atomic E-state index is 9.10. The topological polar surface area (TPSA) is 81.1 Å². The largest absolute Gasteiger partial charge is 0.473 e. The average Bonchev–Trinajstić information content (AvgIpc) is 2.76. The molecule has 0 amide bonds. The van der Waals surface area contributed by atoms with Crippen molar-refractivity contribution < 1.29 is 19.8 Å². The maximum atomic E-state index is 9.10. The van der Waals surface area contributed by atoms with Gasteiger partial charge in [0, 0.05) is 44.2 Å². The van der Waals surface area contributed by atoms with E-state index in [1.807, 2.05) is 0 Å². The van der Waals surface area contributed by atoms with Gasteiger partial charge < -0.3 is 10.2 Å². The molecule has 1 fully saturated rings. The van der Waals surface area contributed by atoms with E-state index in [-0.39, 0.29) is 0 Å². The molecule has 0 aromatic heterocycles. The van der Waals surface area contributed by atoms with Gasteiger partial charge in [0.15, 0.2) is 0 Å². The first-order valence-corrected chi connectivity index (χ1v) is 11.3. The van der Waals surface area contributed by atoms with E-state index in [0.717, 1.165) is 32.6 Å². The summed E-state index contributed by atoms with van der Waals surface area (Å²) in [5.41, 5.74) is 4.29. The van der Waals surface area contributed by atoms with Crippen LogP contribution in [-0.2, 0) is 29.1 Å². The van der Waals surface area contributed by atoms with E-state index in [9.17, 15) is 0 Å². The molecule has 1 aliphatic heterocycles.